The van der Waals surface area contributed by atoms with Crippen molar-refractivity contribution >= 4 is 34.4 Å². The Morgan fingerprint density at radius 1 is 1.16 bits per heavy atom. The molecule has 0 saturated carbocycles. The highest BCUT2D eigenvalue weighted by Crippen LogP contribution is 2.37. The number of aromatic nitrogens is 4. The van der Waals surface area contributed by atoms with Crippen molar-refractivity contribution < 1.29 is 22.8 Å². The van der Waals surface area contributed by atoms with Crippen LogP contribution in [0.5, 0.6) is 0 Å². The number of halogens is 3. The molecule has 0 radical (unpaired) electrons. The average molecular weight is 450 g/mol. The molecule has 1 aliphatic heterocycles. The first-order valence-electron chi connectivity index (χ1n) is 9.37. The molecule has 3 heterocycles. The van der Waals surface area contributed by atoms with E-state index in [1.807, 2.05) is 0 Å². The van der Waals surface area contributed by atoms with Gasteiger partial charge in [-0.05, 0) is 25.1 Å². The summed E-state index contributed by atoms with van der Waals surface area (Å²) < 4.78 is 42.4. The number of nitrogens with zero attached hydrogens (tertiary/aromatic N) is 5. The molecule has 1 N–H and O–H groups in total. The van der Waals surface area contributed by atoms with E-state index in [1.54, 1.807) is 0 Å². The zero-order chi connectivity index (χ0) is 23.5. The van der Waals surface area contributed by atoms with Crippen molar-refractivity contribution in [3.05, 3.63) is 50.9 Å². The Hall–Kier alpha value is -3.90. The summed E-state index contributed by atoms with van der Waals surface area (Å²) in [7, 11) is 2.72. The van der Waals surface area contributed by atoms with Crippen LogP contribution in [-0.2, 0) is 29.9 Å². The number of alkyl halides is 3. The fraction of sp³-hybridized carbons (Fsp3) is 0.316. The SMILES string of the molecule is C[C@H](C(=O)N1CC(=O)Nc2cc(C(F)(F)F)ccc21)n1cnc2c1c(=O)n(C)c(=O)n2C. The summed E-state index contributed by atoms with van der Waals surface area (Å²) in [6, 6.07) is 1.64. The van der Waals surface area contributed by atoms with Gasteiger partial charge in [0.2, 0.25) is 11.8 Å². The van der Waals surface area contributed by atoms with E-state index in [2.05, 4.69) is 10.3 Å². The molecule has 0 unspecified atom stereocenters. The molecule has 0 spiro atoms. The van der Waals surface area contributed by atoms with Crippen molar-refractivity contribution in [3.8, 4) is 0 Å². The Kier molecular flexibility index (Phi) is 4.71. The maximum Gasteiger partial charge on any atom is 0.416 e. The van der Waals surface area contributed by atoms with Crippen LogP contribution in [0.3, 0.4) is 0 Å². The Morgan fingerprint density at radius 3 is 2.50 bits per heavy atom. The third kappa shape index (κ3) is 3.16. The number of aryl methyl sites for hydroxylation is 1. The maximum atomic E-state index is 13.3. The van der Waals surface area contributed by atoms with E-state index < -0.39 is 47.4 Å². The number of benzene rings is 1. The second-order valence-electron chi connectivity index (χ2n) is 7.41. The molecule has 0 saturated heterocycles. The molecule has 0 fully saturated rings. The second kappa shape index (κ2) is 7.07. The number of hydrogen-bond donors (Lipinski definition) is 1. The lowest BCUT2D eigenvalue weighted by Crippen LogP contribution is -2.45. The van der Waals surface area contributed by atoms with E-state index in [0.717, 1.165) is 32.2 Å². The van der Waals surface area contributed by atoms with Crippen LogP contribution < -0.4 is 21.5 Å². The first-order chi connectivity index (χ1) is 14.9. The number of rotatable bonds is 2. The zero-order valence-electron chi connectivity index (χ0n) is 17.1. The molecule has 1 atom stereocenters. The van der Waals surface area contributed by atoms with Gasteiger partial charge in [0.25, 0.3) is 5.56 Å². The van der Waals surface area contributed by atoms with Gasteiger partial charge >= 0.3 is 11.9 Å². The summed E-state index contributed by atoms with van der Waals surface area (Å²) >= 11 is 0. The van der Waals surface area contributed by atoms with Crippen LogP contribution in [0.2, 0.25) is 0 Å². The van der Waals surface area contributed by atoms with Crippen LogP contribution in [0.15, 0.2) is 34.1 Å². The van der Waals surface area contributed by atoms with E-state index in [-0.39, 0.29) is 22.5 Å². The monoisotopic (exact) mass is 450 g/mol. The highest BCUT2D eigenvalue weighted by atomic mass is 19.4. The van der Waals surface area contributed by atoms with E-state index in [9.17, 15) is 32.3 Å². The van der Waals surface area contributed by atoms with E-state index in [4.69, 9.17) is 0 Å². The van der Waals surface area contributed by atoms with E-state index in [1.165, 1.54) is 31.9 Å². The van der Waals surface area contributed by atoms with Crippen LogP contribution >= 0.6 is 0 Å². The van der Waals surface area contributed by atoms with Gasteiger partial charge in [0.05, 0.1) is 23.3 Å². The molecule has 32 heavy (non-hydrogen) atoms. The summed E-state index contributed by atoms with van der Waals surface area (Å²) in [5.74, 6) is -1.30. The highest BCUT2D eigenvalue weighted by molar-refractivity contribution is 6.11. The van der Waals surface area contributed by atoms with Gasteiger partial charge in [-0.2, -0.15) is 13.2 Å². The fourth-order valence-corrected chi connectivity index (χ4v) is 3.67. The number of anilines is 2. The third-order valence-corrected chi connectivity index (χ3v) is 5.40. The zero-order valence-corrected chi connectivity index (χ0v) is 17.1. The molecule has 0 aliphatic carbocycles. The van der Waals surface area contributed by atoms with Gasteiger partial charge in [-0.25, -0.2) is 9.78 Å². The normalized spacial score (nSPS) is 14.9. The van der Waals surface area contributed by atoms with Gasteiger partial charge in [0.15, 0.2) is 11.2 Å². The minimum absolute atomic E-state index is 0.00422. The summed E-state index contributed by atoms with van der Waals surface area (Å²) in [5.41, 5.74) is -2.19. The van der Waals surface area contributed by atoms with Crippen LogP contribution in [0.25, 0.3) is 11.2 Å². The number of hydrogen-bond acceptors (Lipinski definition) is 5. The maximum absolute atomic E-state index is 13.3. The number of imidazole rings is 1. The number of nitrogens with one attached hydrogen (secondary N) is 1. The molecule has 168 valence electrons. The van der Waals surface area contributed by atoms with Crippen molar-refractivity contribution in [1.82, 2.24) is 18.7 Å². The van der Waals surface area contributed by atoms with E-state index in [0.29, 0.717) is 0 Å². The number of amides is 2. The largest absolute Gasteiger partial charge is 0.416 e. The van der Waals surface area contributed by atoms with Crippen molar-refractivity contribution in [3.63, 3.8) is 0 Å². The van der Waals surface area contributed by atoms with Gasteiger partial charge in [-0.1, -0.05) is 0 Å². The van der Waals surface area contributed by atoms with Crippen molar-refractivity contribution in [1.29, 1.82) is 0 Å². The van der Waals surface area contributed by atoms with Gasteiger partial charge in [-0.15, -0.1) is 0 Å². The number of fused-ring (bicyclic) bond motifs is 2. The minimum Gasteiger partial charge on any atom is -0.323 e. The molecule has 0 bridgehead atoms. The van der Waals surface area contributed by atoms with Crippen LogP contribution in [-0.4, -0.2) is 37.0 Å². The Morgan fingerprint density at radius 2 is 1.84 bits per heavy atom. The summed E-state index contributed by atoms with van der Waals surface area (Å²) in [5, 5.41) is 2.35. The molecule has 2 amide bonds. The molecule has 4 rings (SSSR count). The molecule has 2 aromatic heterocycles. The van der Waals surface area contributed by atoms with Gasteiger partial charge in [0, 0.05) is 14.1 Å². The molecule has 10 nitrogen and oxygen atoms in total. The van der Waals surface area contributed by atoms with Gasteiger partial charge in [-0.3, -0.25) is 28.4 Å². The Labute approximate surface area is 177 Å². The molecule has 1 aliphatic rings. The first kappa shape index (κ1) is 21.3. The van der Waals surface area contributed by atoms with Gasteiger partial charge in [0.1, 0.15) is 12.6 Å². The topological polar surface area (TPSA) is 111 Å². The smallest absolute Gasteiger partial charge is 0.323 e. The highest BCUT2D eigenvalue weighted by Gasteiger charge is 2.35. The lowest BCUT2D eigenvalue weighted by atomic mass is 10.1. The minimum atomic E-state index is -4.62. The summed E-state index contributed by atoms with van der Waals surface area (Å²) in [4.78, 5) is 55.3. The molecular weight excluding hydrogens is 433 g/mol. The van der Waals surface area contributed by atoms with Crippen LogP contribution in [0.4, 0.5) is 24.5 Å². The van der Waals surface area contributed by atoms with E-state index >= 15 is 0 Å². The van der Waals surface area contributed by atoms with Crippen molar-refractivity contribution in [2.24, 2.45) is 14.1 Å². The summed E-state index contributed by atoms with van der Waals surface area (Å²) in [6.07, 6.45) is -3.39. The average Bonchev–Trinajstić information content (AvgIpc) is 3.18. The first-order valence-corrected chi connectivity index (χ1v) is 9.37. The third-order valence-electron chi connectivity index (χ3n) is 5.40. The van der Waals surface area contributed by atoms with Gasteiger partial charge < -0.3 is 9.88 Å². The van der Waals surface area contributed by atoms with Crippen LogP contribution in [0.1, 0.15) is 18.5 Å². The second-order valence-corrected chi connectivity index (χ2v) is 7.41. The molecule has 13 heteroatoms. The molecular formula is C19H17F3N6O4. The lowest BCUT2D eigenvalue weighted by Gasteiger charge is -2.32. The standard InChI is InChI=1S/C19H17F3N6O4/c1-9(28-8-23-15-14(28)17(31)26(3)18(32)25(15)2)16(30)27-7-13(29)24-11-6-10(19(20,21)22)4-5-12(11)27/h4-6,8-9H,7H2,1-3H3,(H,24,29)/t9-/m1/s1. The van der Waals surface area contributed by atoms with Crippen LogP contribution in [0, 0.1) is 0 Å². The fourth-order valence-electron chi connectivity index (χ4n) is 3.67. The molecule has 1 aromatic carbocycles. The van der Waals surface area contributed by atoms with Crippen molar-refractivity contribution in [2.45, 2.75) is 19.1 Å². The Bertz CT molecular complexity index is 1400. The Balaban J connectivity index is 1.79. The predicted octanol–water partition coefficient (Wildman–Crippen LogP) is 0.999. The van der Waals surface area contributed by atoms with Crippen molar-refractivity contribution in [2.75, 3.05) is 16.8 Å². The number of carbonyl (C=O) groups excluding carboxylic acids is 2. The number of carbonyl (C=O) groups is 2. The summed E-state index contributed by atoms with van der Waals surface area (Å²) in [6.45, 7) is 1.05. The quantitative estimate of drug-likeness (QED) is 0.626. The molecule has 3 aromatic rings. The lowest BCUT2D eigenvalue weighted by molar-refractivity contribution is -0.137. The predicted molar refractivity (Wildman–Crippen MR) is 107 cm³/mol.